The molecule has 108 valence electrons. The maximum atomic E-state index is 12.7. The third-order valence-corrected chi connectivity index (χ3v) is 3.89. The molecule has 2 aromatic rings. The van der Waals surface area contributed by atoms with Gasteiger partial charge in [-0.25, -0.2) is 0 Å². The lowest BCUT2D eigenvalue weighted by Crippen LogP contribution is -2.39. The zero-order valence-corrected chi connectivity index (χ0v) is 12.1. The highest BCUT2D eigenvalue weighted by Gasteiger charge is 2.28. The summed E-state index contributed by atoms with van der Waals surface area (Å²) in [6, 6.07) is 13.9. The molecular formula is C17H19N3O. The minimum absolute atomic E-state index is 0.108. The van der Waals surface area contributed by atoms with Crippen molar-refractivity contribution < 1.29 is 4.79 Å². The van der Waals surface area contributed by atoms with Crippen LogP contribution in [0, 0.1) is 0 Å². The first-order valence-electron chi connectivity index (χ1n) is 7.19. The van der Waals surface area contributed by atoms with Crippen molar-refractivity contribution in [1.29, 1.82) is 0 Å². The molecule has 1 aliphatic rings. The lowest BCUT2D eigenvalue weighted by Gasteiger charge is -2.29. The van der Waals surface area contributed by atoms with Crippen LogP contribution in [0.5, 0.6) is 0 Å². The van der Waals surface area contributed by atoms with Crippen molar-refractivity contribution in [3.63, 3.8) is 0 Å². The molecule has 1 aromatic carbocycles. The van der Waals surface area contributed by atoms with Crippen molar-refractivity contribution in [2.45, 2.75) is 19.0 Å². The van der Waals surface area contributed by atoms with Gasteiger partial charge in [-0.3, -0.25) is 9.78 Å². The van der Waals surface area contributed by atoms with Gasteiger partial charge in [0.05, 0.1) is 18.2 Å². The third kappa shape index (κ3) is 2.95. The zero-order chi connectivity index (χ0) is 14.7. The molecule has 2 heterocycles. The number of carbonyl (C=O) groups is 1. The maximum Gasteiger partial charge on any atom is 0.231 e. The Kier molecular flexibility index (Phi) is 3.97. The quantitative estimate of drug-likeness (QED) is 0.935. The van der Waals surface area contributed by atoms with Crippen LogP contribution >= 0.6 is 0 Å². The fraction of sp³-hybridized carbons (Fsp3) is 0.294. The van der Waals surface area contributed by atoms with Crippen LogP contribution in [0.3, 0.4) is 0 Å². The highest BCUT2D eigenvalue weighted by molar-refractivity contribution is 5.84. The molecule has 1 amide bonds. The van der Waals surface area contributed by atoms with Crippen LogP contribution in [0.1, 0.15) is 22.7 Å². The van der Waals surface area contributed by atoms with Gasteiger partial charge in [0.25, 0.3) is 0 Å². The van der Waals surface area contributed by atoms with E-state index in [2.05, 4.69) is 22.4 Å². The zero-order valence-electron chi connectivity index (χ0n) is 12.1. The van der Waals surface area contributed by atoms with Gasteiger partial charge in [-0.2, -0.15) is 0 Å². The van der Waals surface area contributed by atoms with Crippen molar-refractivity contribution in [2.24, 2.45) is 0 Å². The van der Waals surface area contributed by atoms with E-state index in [1.807, 2.05) is 37.4 Å². The molecule has 1 aliphatic heterocycles. The maximum absolute atomic E-state index is 12.7. The number of amides is 1. The summed E-state index contributed by atoms with van der Waals surface area (Å²) < 4.78 is 0. The number of carbonyl (C=O) groups excluding carboxylic acids is 1. The third-order valence-electron chi connectivity index (χ3n) is 3.89. The molecule has 0 radical (unpaired) electrons. The Morgan fingerprint density at radius 2 is 2.10 bits per heavy atom. The highest BCUT2D eigenvalue weighted by atomic mass is 16.2. The average Bonchev–Trinajstić information content (AvgIpc) is 2.54. The second kappa shape index (κ2) is 6.06. The minimum Gasteiger partial charge on any atom is -0.339 e. The van der Waals surface area contributed by atoms with Gasteiger partial charge >= 0.3 is 0 Å². The van der Waals surface area contributed by atoms with E-state index >= 15 is 0 Å². The Morgan fingerprint density at radius 3 is 2.90 bits per heavy atom. The van der Waals surface area contributed by atoms with Gasteiger partial charge in [-0.1, -0.05) is 30.3 Å². The molecule has 0 bridgehead atoms. The van der Waals surface area contributed by atoms with Gasteiger partial charge < -0.3 is 10.2 Å². The standard InChI is InChI=1S/C17H19N3O/c1-20(12-14-7-4-5-9-19-14)17(21)16-11-18-10-13-6-2-3-8-15(13)16/h2-9,16,18H,10-12H2,1H3. The fourth-order valence-electron chi connectivity index (χ4n) is 2.80. The smallest absolute Gasteiger partial charge is 0.231 e. The lowest BCUT2D eigenvalue weighted by atomic mass is 9.90. The molecule has 0 fully saturated rings. The van der Waals surface area contributed by atoms with Crippen LogP contribution in [0.15, 0.2) is 48.7 Å². The molecule has 0 saturated heterocycles. The van der Waals surface area contributed by atoms with Crippen molar-refractivity contribution >= 4 is 5.91 Å². The van der Waals surface area contributed by atoms with E-state index in [0.29, 0.717) is 13.1 Å². The van der Waals surface area contributed by atoms with Crippen molar-refractivity contribution in [1.82, 2.24) is 15.2 Å². The monoisotopic (exact) mass is 281 g/mol. The van der Waals surface area contributed by atoms with Crippen LogP contribution in [0.25, 0.3) is 0 Å². The molecule has 21 heavy (non-hydrogen) atoms. The van der Waals surface area contributed by atoms with Gasteiger partial charge in [-0.15, -0.1) is 0 Å². The molecule has 4 nitrogen and oxygen atoms in total. The largest absolute Gasteiger partial charge is 0.339 e. The Morgan fingerprint density at radius 1 is 1.29 bits per heavy atom. The first-order valence-corrected chi connectivity index (χ1v) is 7.19. The molecule has 4 heteroatoms. The molecule has 1 N–H and O–H groups in total. The number of nitrogens with zero attached hydrogens (tertiary/aromatic N) is 2. The van der Waals surface area contributed by atoms with Gasteiger partial charge in [-0.05, 0) is 23.3 Å². The molecule has 1 unspecified atom stereocenters. The summed E-state index contributed by atoms with van der Waals surface area (Å²) in [5.74, 6) is 0.0314. The first kappa shape index (κ1) is 13.8. The first-order chi connectivity index (χ1) is 10.3. The number of fused-ring (bicyclic) bond motifs is 1. The van der Waals surface area contributed by atoms with Crippen LogP contribution in [0.2, 0.25) is 0 Å². The molecule has 3 rings (SSSR count). The molecular weight excluding hydrogens is 262 g/mol. The number of rotatable bonds is 3. The number of aromatic nitrogens is 1. The second-order valence-corrected chi connectivity index (χ2v) is 5.40. The summed E-state index contributed by atoms with van der Waals surface area (Å²) in [5.41, 5.74) is 3.27. The van der Waals surface area contributed by atoms with Crippen molar-refractivity contribution in [3.05, 3.63) is 65.5 Å². The summed E-state index contributed by atoms with van der Waals surface area (Å²) in [5, 5.41) is 3.33. The van der Waals surface area contributed by atoms with Crippen molar-refractivity contribution in [2.75, 3.05) is 13.6 Å². The van der Waals surface area contributed by atoms with Crippen molar-refractivity contribution in [3.8, 4) is 0 Å². The van der Waals surface area contributed by atoms with Crippen LogP contribution in [0.4, 0.5) is 0 Å². The SMILES string of the molecule is CN(Cc1ccccn1)C(=O)C1CNCc2ccccc21. The number of hydrogen-bond donors (Lipinski definition) is 1. The van der Waals surface area contributed by atoms with Gasteiger partial charge in [0, 0.05) is 26.3 Å². The number of likely N-dealkylation sites (N-methyl/N-ethyl adjacent to an activating group) is 1. The van der Waals surface area contributed by atoms with Gasteiger partial charge in [0.15, 0.2) is 0 Å². The molecule has 1 atom stereocenters. The summed E-state index contributed by atoms with van der Waals surface area (Å²) in [4.78, 5) is 18.8. The molecule has 0 spiro atoms. The van der Waals surface area contributed by atoms with Crippen LogP contribution < -0.4 is 5.32 Å². The summed E-state index contributed by atoms with van der Waals surface area (Å²) in [6.45, 7) is 2.07. The summed E-state index contributed by atoms with van der Waals surface area (Å²) >= 11 is 0. The van der Waals surface area contributed by atoms with E-state index in [0.717, 1.165) is 17.8 Å². The number of nitrogens with one attached hydrogen (secondary N) is 1. The van der Waals surface area contributed by atoms with Gasteiger partial charge in [0.2, 0.25) is 5.91 Å². The average molecular weight is 281 g/mol. The predicted octanol–water partition coefficient (Wildman–Crippen LogP) is 1.93. The molecule has 1 aromatic heterocycles. The Labute approximate surface area is 124 Å². The number of pyridine rings is 1. The molecule has 0 saturated carbocycles. The van der Waals surface area contributed by atoms with E-state index in [1.54, 1.807) is 11.1 Å². The van der Waals surface area contributed by atoms with Crippen LogP contribution in [-0.2, 0) is 17.9 Å². The van der Waals surface area contributed by atoms with Gasteiger partial charge in [0.1, 0.15) is 0 Å². The predicted molar refractivity (Wildman–Crippen MR) is 81.6 cm³/mol. The Balaban J connectivity index is 1.77. The molecule has 0 aliphatic carbocycles. The van der Waals surface area contributed by atoms with E-state index in [9.17, 15) is 4.79 Å². The van der Waals surface area contributed by atoms with E-state index < -0.39 is 0 Å². The summed E-state index contributed by atoms with van der Waals surface area (Å²) in [7, 11) is 1.84. The topological polar surface area (TPSA) is 45.2 Å². The lowest BCUT2D eigenvalue weighted by molar-refractivity contribution is -0.132. The highest BCUT2D eigenvalue weighted by Crippen LogP contribution is 2.25. The van der Waals surface area contributed by atoms with E-state index in [-0.39, 0.29) is 11.8 Å². The number of hydrogen-bond acceptors (Lipinski definition) is 3. The Hall–Kier alpha value is -2.20. The number of benzene rings is 1. The normalized spacial score (nSPS) is 17.1. The second-order valence-electron chi connectivity index (χ2n) is 5.40. The van der Waals surface area contributed by atoms with E-state index in [1.165, 1.54) is 5.56 Å². The Bertz CT molecular complexity index is 627. The van der Waals surface area contributed by atoms with E-state index in [4.69, 9.17) is 0 Å². The minimum atomic E-state index is -0.108. The van der Waals surface area contributed by atoms with Crippen LogP contribution in [-0.4, -0.2) is 29.4 Å². The fourth-order valence-corrected chi connectivity index (χ4v) is 2.80. The summed E-state index contributed by atoms with van der Waals surface area (Å²) in [6.07, 6.45) is 1.76.